The Morgan fingerprint density at radius 3 is 2.53 bits per heavy atom. The Morgan fingerprint density at radius 1 is 1.00 bits per heavy atom. The van der Waals surface area contributed by atoms with Gasteiger partial charge in [-0.1, -0.05) is 6.07 Å². The highest BCUT2D eigenvalue weighted by atomic mass is 19.1. The predicted molar refractivity (Wildman–Crippen MR) is 126 cm³/mol. The van der Waals surface area contributed by atoms with Crippen LogP contribution in [0.1, 0.15) is 22.8 Å². The van der Waals surface area contributed by atoms with E-state index in [0.29, 0.717) is 40.7 Å². The molecule has 0 heterocycles. The molecule has 0 atom stereocenters. The van der Waals surface area contributed by atoms with Gasteiger partial charge in [0.25, 0.3) is 11.8 Å². The molecule has 8 nitrogen and oxygen atoms in total. The zero-order valence-corrected chi connectivity index (χ0v) is 18.7. The summed E-state index contributed by atoms with van der Waals surface area (Å²) in [6, 6.07) is 17.2. The zero-order chi connectivity index (χ0) is 24.3. The van der Waals surface area contributed by atoms with Crippen LogP contribution in [0.5, 0.6) is 17.2 Å². The number of carbonyl (C=O) groups excluding carboxylic acids is 2. The van der Waals surface area contributed by atoms with E-state index in [0.717, 1.165) is 0 Å². The van der Waals surface area contributed by atoms with E-state index in [9.17, 15) is 14.0 Å². The van der Waals surface area contributed by atoms with Crippen molar-refractivity contribution in [3.63, 3.8) is 0 Å². The number of hydrazone groups is 1. The Labute approximate surface area is 196 Å². The van der Waals surface area contributed by atoms with Gasteiger partial charge in [-0.2, -0.15) is 5.10 Å². The van der Waals surface area contributed by atoms with Gasteiger partial charge in [-0.05, 0) is 73.2 Å². The number of anilines is 1. The van der Waals surface area contributed by atoms with Crippen LogP contribution < -0.4 is 25.0 Å². The molecule has 0 bridgehead atoms. The number of benzene rings is 3. The second-order valence-electron chi connectivity index (χ2n) is 6.91. The van der Waals surface area contributed by atoms with Crippen LogP contribution in [0.25, 0.3) is 0 Å². The molecule has 34 heavy (non-hydrogen) atoms. The summed E-state index contributed by atoms with van der Waals surface area (Å²) in [5, 5.41) is 6.60. The number of hydrogen-bond donors (Lipinski definition) is 2. The fourth-order valence-corrected chi connectivity index (χ4v) is 2.86. The molecule has 0 aliphatic rings. The highest BCUT2D eigenvalue weighted by Crippen LogP contribution is 2.28. The van der Waals surface area contributed by atoms with Gasteiger partial charge in [0.1, 0.15) is 11.6 Å². The normalized spacial score (nSPS) is 10.6. The summed E-state index contributed by atoms with van der Waals surface area (Å²) in [6.07, 6.45) is 1.46. The molecular formula is C25H24FN3O5. The minimum absolute atomic E-state index is 0.262. The van der Waals surface area contributed by atoms with Crippen molar-refractivity contribution in [1.29, 1.82) is 0 Å². The van der Waals surface area contributed by atoms with Crippen molar-refractivity contribution < 1.29 is 28.2 Å². The van der Waals surface area contributed by atoms with Gasteiger partial charge in [0.05, 0.1) is 19.9 Å². The smallest absolute Gasteiger partial charge is 0.271 e. The van der Waals surface area contributed by atoms with Crippen molar-refractivity contribution in [3.8, 4) is 17.2 Å². The molecule has 0 fully saturated rings. The third-order valence-electron chi connectivity index (χ3n) is 4.47. The van der Waals surface area contributed by atoms with Crippen molar-refractivity contribution in [2.45, 2.75) is 6.92 Å². The number of hydrogen-bond acceptors (Lipinski definition) is 6. The van der Waals surface area contributed by atoms with E-state index in [2.05, 4.69) is 15.8 Å². The first kappa shape index (κ1) is 24.2. The molecule has 0 aromatic heterocycles. The molecule has 0 spiro atoms. The Kier molecular flexibility index (Phi) is 8.56. The molecule has 3 rings (SSSR count). The van der Waals surface area contributed by atoms with Crippen LogP contribution in [-0.2, 0) is 4.79 Å². The van der Waals surface area contributed by atoms with Gasteiger partial charge < -0.3 is 19.5 Å². The monoisotopic (exact) mass is 465 g/mol. The zero-order valence-electron chi connectivity index (χ0n) is 18.7. The van der Waals surface area contributed by atoms with Gasteiger partial charge in [0, 0.05) is 11.3 Å². The number of carbonyl (C=O) groups is 2. The molecule has 0 unspecified atom stereocenters. The fraction of sp³-hybridized carbons (Fsp3) is 0.160. The van der Waals surface area contributed by atoms with Crippen LogP contribution in [0.15, 0.2) is 71.8 Å². The number of nitrogens with zero attached hydrogens (tertiary/aromatic N) is 1. The third-order valence-corrected chi connectivity index (χ3v) is 4.47. The van der Waals surface area contributed by atoms with Crippen LogP contribution in [0.3, 0.4) is 0 Å². The SMILES string of the molecule is CCOc1cc(/C=N/NC(=O)c2cccc(OC)c2)ccc1OCC(=O)Nc1ccc(F)cc1. The molecule has 0 radical (unpaired) electrons. The highest BCUT2D eigenvalue weighted by Gasteiger charge is 2.10. The largest absolute Gasteiger partial charge is 0.497 e. The van der Waals surface area contributed by atoms with E-state index >= 15 is 0 Å². The van der Waals surface area contributed by atoms with Gasteiger partial charge in [-0.15, -0.1) is 0 Å². The molecular weight excluding hydrogens is 441 g/mol. The van der Waals surface area contributed by atoms with Crippen molar-refractivity contribution in [2.24, 2.45) is 5.10 Å². The lowest BCUT2D eigenvalue weighted by Crippen LogP contribution is -2.20. The maximum atomic E-state index is 13.0. The number of nitrogens with one attached hydrogen (secondary N) is 2. The summed E-state index contributed by atoms with van der Waals surface area (Å²) in [4.78, 5) is 24.4. The molecule has 2 amide bonds. The molecule has 0 aliphatic carbocycles. The second-order valence-corrected chi connectivity index (χ2v) is 6.91. The summed E-state index contributed by atoms with van der Waals surface area (Å²) in [5.41, 5.74) is 3.98. The Hall–Kier alpha value is -4.40. The molecule has 2 N–H and O–H groups in total. The second kappa shape index (κ2) is 12.0. The minimum atomic E-state index is -0.403. The molecule has 9 heteroatoms. The number of ether oxygens (including phenoxy) is 3. The first-order valence-corrected chi connectivity index (χ1v) is 10.4. The van der Waals surface area contributed by atoms with E-state index < -0.39 is 5.91 Å². The predicted octanol–water partition coefficient (Wildman–Crippen LogP) is 4.01. The molecule has 0 saturated carbocycles. The van der Waals surface area contributed by atoms with Crippen molar-refractivity contribution in [2.75, 3.05) is 25.6 Å². The molecule has 0 aliphatic heterocycles. The molecule has 3 aromatic carbocycles. The lowest BCUT2D eigenvalue weighted by atomic mass is 10.2. The molecule has 0 saturated heterocycles. The van der Waals surface area contributed by atoms with Gasteiger partial charge in [-0.3, -0.25) is 9.59 Å². The Balaban J connectivity index is 1.59. The van der Waals surface area contributed by atoms with Crippen molar-refractivity contribution in [1.82, 2.24) is 5.43 Å². The number of amides is 2. The van der Waals surface area contributed by atoms with Crippen molar-refractivity contribution >= 4 is 23.7 Å². The lowest BCUT2D eigenvalue weighted by molar-refractivity contribution is -0.118. The number of rotatable bonds is 10. The average molecular weight is 465 g/mol. The number of methoxy groups -OCH3 is 1. The van der Waals surface area contributed by atoms with Crippen LogP contribution in [0, 0.1) is 5.82 Å². The van der Waals surface area contributed by atoms with E-state index in [1.807, 2.05) is 6.92 Å². The van der Waals surface area contributed by atoms with Crippen LogP contribution in [0.2, 0.25) is 0 Å². The van der Waals surface area contributed by atoms with Gasteiger partial charge in [0.15, 0.2) is 18.1 Å². The van der Waals surface area contributed by atoms with Crippen LogP contribution in [0.4, 0.5) is 10.1 Å². The fourth-order valence-electron chi connectivity index (χ4n) is 2.86. The topological polar surface area (TPSA) is 98.2 Å². The maximum Gasteiger partial charge on any atom is 0.271 e. The summed E-state index contributed by atoms with van der Waals surface area (Å²) in [5.74, 6) is 0.181. The quantitative estimate of drug-likeness (QED) is 0.348. The standard InChI is InChI=1S/C25H24FN3O5/c1-3-33-23-13-17(15-27-29-25(31)18-5-4-6-21(14-18)32-2)7-12-22(23)34-16-24(30)28-20-10-8-19(26)9-11-20/h4-15H,3,16H2,1-2H3,(H,28,30)(H,29,31)/b27-15+. The number of halogens is 1. The average Bonchev–Trinajstić information content (AvgIpc) is 2.85. The minimum Gasteiger partial charge on any atom is -0.497 e. The van der Waals surface area contributed by atoms with Gasteiger partial charge >= 0.3 is 0 Å². The summed E-state index contributed by atoms with van der Waals surface area (Å²) >= 11 is 0. The van der Waals surface area contributed by atoms with E-state index in [4.69, 9.17) is 14.2 Å². The first-order valence-electron chi connectivity index (χ1n) is 10.4. The van der Waals surface area contributed by atoms with Gasteiger partial charge in [0.2, 0.25) is 0 Å². The summed E-state index contributed by atoms with van der Waals surface area (Å²) < 4.78 is 29.3. The lowest BCUT2D eigenvalue weighted by Gasteiger charge is -2.12. The Morgan fingerprint density at radius 2 is 1.79 bits per heavy atom. The van der Waals surface area contributed by atoms with Crippen molar-refractivity contribution in [3.05, 3.63) is 83.7 Å². The van der Waals surface area contributed by atoms with E-state index in [1.54, 1.807) is 42.5 Å². The summed E-state index contributed by atoms with van der Waals surface area (Å²) in [7, 11) is 1.52. The van der Waals surface area contributed by atoms with E-state index in [-0.39, 0.29) is 18.3 Å². The summed E-state index contributed by atoms with van der Waals surface area (Å²) in [6.45, 7) is 1.94. The molecule has 176 valence electrons. The van der Waals surface area contributed by atoms with E-state index in [1.165, 1.54) is 37.6 Å². The molecule has 3 aromatic rings. The van der Waals surface area contributed by atoms with Gasteiger partial charge in [-0.25, -0.2) is 9.82 Å². The van der Waals surface area contributed by atoms with Crippen LogP contribution in [-0.4, -0.2) is 38.4 Å². The van der Waals surface area contributed by atoms with Crippen LogP contribution >= 0.6 is 0 Å². The maximum absolute atomic E-state index is 13.0. The first-order chi connectivity index (χ1) is 16.5. The highest BCUT2D eigenvalue weighted by molar-refractivity contribution is 5.95. The Bertz CT molecular complexity index is 1170. The third kappa shape index (κ3) is 7.06.